The van der Waals surface area contributed by atoms with Crippen molar-refractivity contribution in [3.63, 3.8) is 0 Å². The molecule has 1 saturated heterocycles. The number of nitrogens with zero attached hydrogens (tertiary/aromatic N) is 4. The lowest BCUT2D eigenvalue weighted by Crippen LogP contribution is -2.44. The number of ether oxygens (including phenoxy) is 1. The summed E-state index contributed by atoms with van der Waals surface area (Å²) in [6.45, 7) is 12.1. The van der Waals surface area contributed by atoms with E-state index < -0.39 is 0 Å². The number of benzene rings is 1. The van der Waals surface area contributed by atoms with Crippen LogP contribution in [0, 0.1) is 5.92 Å². The molecule has 2 heterocycles. The Morgan fingerprint density at radius 1 is 1.06 bits per heavy atom. The van der Waals surface area contributed by atoms with E-state index in [9.17, 15) is 0 Å². The van der Waals surface area contributed by atoms with Gasteiger partial charge in [-0.25, -0.2) is 9.98 Å². The second-order valence-corrected chi connectivity index (χ2v) is 8.50. The minimum absolute atomic E-state index is 0.382. The van der Waals surface area contributed by atoms with Crippen molar-refractivity contribution in [3.8, 4) is 0 Å². The number of aliphatic imine (C=N–C) groups is 1. The number of piperazine rings is 1. The summed E-state index contributed by atoms with van der Waals surface area (Å²) < 4.78 is 5.85. The van der Waals surface area contributed by atoms with Crippen molar-refractivity contribution in [1.29, 1.82) is 0 Å². The number of nitrogens with one attached hydrogen (secondary N) is 2. The number of aromatic nitrogens is 1. The quantitative estimate of drug-likeness (QED) is 0.439. The topological polar surface area (TPSA) is 65.0 Å². The molecule has 2 N–H and O–H groups in total. The first-order chi connectivity index (χ1) is 15.6. The fraction of sp³-hybridized carbons (Fsp3) is 0.520. The van der Waals surface area contributed by atoms with Gasteiger partial charge in [-0.05, 0) is 37.1 Å². The molecule has 0 radical (unpaired) electrons. The van der Waals surface area contributed by atoms with E-state index >= 15 is 0 Å². The maximum absolute atomic E-state index is 5.85. The lowest BCUT2D eigenvalue weighted by atomic mass is 10.2. The first-order valence-electron chi connectivity index (χ1n) is 11.7. The zero-order chi connectivity index (χ0) is 22.6. The van der Waals surface area contributed by atoms with Gasteiger partial charge in [0.2, 0.25) is 0 Å². The van der Waals surface area contributed by atoms with Crippen molar-refractivity contribution in [2.75, 3.05) is 57.8 Å². The first-order valence-corrected chi connectivity index (χ1v) is 11.7. The van der Waals surface area contributed by atoms with Gasteiger partial charge in [-0.3, -0.25) is 0 Å². The summed E-state index contributed by atoms with van der Waals surface area (Å²) in [5.41, 5.74) is 2.31. The molecule has 1 fully saturated rings. The van der Waals surface area contributed by atoms with E-state index in [1.54, 1.807) is 0 Å². The molecule has 1 unspecified atom stereocenters. The Morgan fingerprint density at radius 3 is 2.53 bits per heavy atom. The zero-order valence-corrected chi connectivity index (χ0v) is 19.8. The van der Waals surface area contributed by atoms with Gasteiger partial charge in [-0.2, -0.15) is 0 Å². The van der Waals surface area contributed by atoms with Crippen LogP contribution in [0.5, 0.6) is 0 Å². The van der Waals surface area contributed by atoms with Crippen LogP contribution in [-0.2, 0) is 17.9 Å². The van der Waals surface area contributed by atoms with E-state index in [0.717, 1.165) is 56.6 Å². The molecule has 0 spiro atoms. The molecule has 1 aliphatic heterocycles. The summed E-state index contributed by atoms with van der Waals surface area (Å²) in [6, 6.07) is 14.5. The molecular formula is C25H38N6O. The second-order valence-electron chi connectivity index (χ2n) is 8.50. The van der Waals surface area contributed by atoms with Crippen LogP contribution in [-0.4, -0.2) is 68.8 Å². The van der Waals surface area contributed by atoms with Crippen LogP contribution in [0.3, 0.4) is 0 Å². The van der Waals surface area contributed by atoms with Gasteiger partial charge >= 0.3 is 0 Å². The monoisotopic (exact) mass is 438 g/mol. The van der Waals surface area contributed by atoms with E-state index in [0.29, 0.717) is 25.7 Å². The number of pyridine rings is 1. The molecule has 1 atom stereocenters. The predicted octanol–water partition coefficient (Wildman–Crippen LogP) is 2.74. The summed E-state index contributed by atoms with van der Waals surface area (Å²) >= 11 is 0. The molecular weight excluding hydrogens is 400 g/mol. The molecule has 3 rings (SSSR count). The van der Waals surface area contributed by atoms with Crippen molar-refractivity contribution in [1.82, 2.24) is 20.5 Å². The van der Waals surface area contributed by atoms with Crippen molar-refractivity contribution in [3.05, 3.63) is 59.8 Å². The smallest absolute Gasteiger partial charge is 0.191 e. The molecule has 0 amide bonds. The Morgan fingerprint density at radius 2 is 1.84 bits per heavy atom. The summed E-state index contributed by atoms with van der Waals surface area (Å²) in [5.74, 6) is 2.26. The van der Waals surface area contributed by atoms with E-state index in [1.165, 1.54) is 5.56 Å². The maximum atomic E-state index is 5.85. The van der Waals surface area contributed by atoms with Gasteiger partial charge < -0.3 is 25.2 Å². The molecule has 0 aliphatic carbocycles. The van der Waals surface area contributed by atoms with E-state index in [2.05, 4.69) is 70.6 Å². The minimum Gasteiger partial charge on any atom is -0.376 e. The zero-order valence-electron chi connectivity index (χ0n) is 19.8. The van der Waals surface area contributed by atoms with E-state index in [1.807, 2.05) is 24.4 Å². The third kappa shape index (κ3) is 8.13. The first kappa shape index (κ1) is 24.0. The summed E-state index contributed by atoms with van der Waals surface area (Å²) in [6.07, 6.45) is 1.95. The van der Waals surface area contributed by atoms with E-state index in [-0.39, 0.29) is 0 Å². The maximum Gasteiger partial charge on any atom is 0.191 e. The molecule has 0 saturated carbocycles. The number of likely N-dealkylation sites (N-methyl/N-ethyl adjacent to an activating group) is 1. The highest BCUT2D eigenvalue weighted by atomic mass is 16.5. The van der Waals surface area contributed by atoms with Gasteiger partial charge in [-0.15, -0.1) is 0 Å². The van der Waals surface area contributed by atoms with Gasteiger partial charge in [0.25, 0.3) is 0 Å². The predicted molar refractivity (Wildman–Crippen MR) is 132 cm³/mol. The molecule has 7 nitrogen and oxygen atoms in total. The number of anilines is 1. The SMILES string of the molecule is CCNC(=NCc1ccc(N2CCN(C)CC2)nc1)NCC(C)COCc1ccccc1. The van der Waals surface area contributed by atoms with Gasteiger partial charge in [0.1, 0.15) is 5.82 Å². The second kappa shape index (κ2) is 13.0. The normalized spacial score (nSPS) is 16.1. The van der Waals surface area contributed by atoms with Gasteiger partial charge in [0, 0.05) is 45.5 Å². The van der Waals surface area contributed by atoms with Crippen molar-refractivity contribution < 1.29 is 4.74 Å². The largest absolute Gasteiger partial charge is 0.376 e. The number of hydrogen-bond acceptors (Lipinski definition) is 5. The summed E-state index contributed by atoms with van der Waals surface area (Å²) in [5, 5.41) is 6.75. The van der Waals surface area contributed by atoms with Crippen molar-refractivity contribution in [2.24, 2.45) is 10.9 Å². The van der Waals surface area contributed by atoms with Crippen LogP contribution in [0.4, 0.5) is 5.82 Å². The Kier molecular flexibility index (Phi) is 9.78. The van der Waals surface area contributed by atoms with E-state index in [4.69, 9.17) is 9.73 Å². The van der Waals surface area contributed by atoms with Crippen LogP contribution in [0.1, 0.15) is 25.0 Å². The Hall–Kier alpha value is -2.64. The highest BCUT2D eigenvalue weighted by Gasteiger charge is 2.14. The van der Waals surface area contributed by atoms with Gasteiger partial charge in [0.05, 0.1) is 19.8 Å². The van der Waals surface area contributed by atoms with Crippen LogP contribution in [0.25, 0.3) is 0 Å². The standard InChI is InChI=1S/C25H38N6O/c1-4-26-25(28-16-21(2)19-32-20-22-8-6-5-7-9-22)29-18-23-10-11-24(27-17-23)31-14-12-30(3)13-15-31/h5-11,17,21H,4,12-16,18-20H2,1-3H3,(H2,26,28,29). The Balaban J connectivity index is 1.42. The number of hydrogen-bond donors (Lipinski definition) is 2. The fourth-order valence-electron chi connectivity index (χ4n) is 3.53. The lowest BCUT2D eigenvalue weighted by molar-refractivity contribution is 0.0931. The Bertz CT molecular complexity index is 803. The highest BCUT2D eigenvalue weighted by Crippen LogP contribution is 2.14. The molecule has 1 aromatic heterocycles. The van der Waals surface area contributed by atoms with Gasteiger partial charge in [0.15, 0.2) is 5.96 Å². The molecule has 7 heteroatoms. The minimum atomic E-state index is 0.382. The molecule has 32 heavy (non-hydrogen) atoms. The van der Waals surface area contributed by atoms with Crippen LogP contribution in [0.2, 0.25) is 0 Å². The lowest BCUT2D eigenvalue weighted by Gasteiger charge is -2.33. The van der Waals surface area contributed by atoms with Crippen molar-refractivity contribution >= 4 is 11.8 Å². The Labute approximate surface area is 192 Å². The highest BCUT2D eigenvalue weighted by molar-refractivity contribution is 5.79. The summed E-state index contributed by atoms with van der Waals surface area (Å²) in [7, 11) is 2.17. The van der Waals surface area contributed by atoms with Crippen LogP contribution in [0.15, 0.2) is 53.7 Å². The number of guanidine groups is 1. The third-order valence-corrected chi connectivity index (χ3v) is 5.53. The van der Waals surface area contributed by atoms with Crippen LogP contribution >= 0.6 is 0 Å². The number of rotatable bonds is 10. The molecule has 1 aromatic carbocycles. The average Bonchev–Trinajstić information content (AvgIpc) is 2.82. The molecule has 1 aliphatic rings. The average molecular weight is 439 g/mol. The molecule has 174 valence electrons. The van der Waals surface area contributed by atoms with Gasteiger partial charge in [-0.1, -0.05) is 43.3 Å². The fourth-order valence-corrected chi connectivity index (χ4v) is 3.53. The summed E-state index contributed by atoms with van der Waals surface area (Å²) in [4.78, 5) is 14.1. The molecule has 0 bridgehead atoms. The van der Waals surface area contributed by atoms with Crippen LogP contribution < -0.4 is 15.5 Å². The third-order valence-electron chi connectivity index (χ3n) is 5.53. The van der Waals surface area contributed by atoms with Crippen molar-refractivity contribution in [2.45, 2.75) is 27.0 Å². The molecule has 2 aromatic rings.